The van der Waals surface area contributed by atoms with Crippen molar-refractivity contribution in [3.05, 3.63) is 48.0 Å². The molecule has 1 heterocycles. The Labute approximate surface area is 171 Å². The van der Waals surface area contributed by atoms with Gasteiger partial charge in [0.05, 0.1) is 16.6 Å². The lowest BCUT2D eigenvalue weighted by Gasteiger charge is -2.19. The van der Waals surface area contributed by atoms with Crippen LogP contribution in [0.5, 0.6) is 5.75 Å². The Morgan fingerprint density at radius 3 is 2.40 bits per heavy atom. The van der Waals surface area contributed by atoms with Gasteiger partial charge < -0.3 is 32.0 Å². The van der Waals surface area contributed by atoms with Crippen LogP contribution in [0.15, 0.2) is 47.5 Å². The molecular formula is C20H22N6O4. The van der Waals surface area contributed by atoms with Crippen molar-refractivity contribution < 1.29 is 19.8 Å². The Kier molecular flexibility index (Phi) is 5.86. The van der Waals surface area contributed by atoms with Gasteiger partial charge >= 0.3 is 5.97 Å². The molecule has 2 aromatic carbocycles. The van der Waals surface area contributed by atoms with E-state index in [-0.39, 0.29) is 17.3 Å². The number of aromatic hydroxyl groups is 1. The third-order valence-electron chi connectivity index (χ3n) is 4.63. The number of carbonyl (C=O) groups excluding carboxylic acids is 1. The number of carboxylic acid groups (broad SMARTS) is 1. The van der Waals surface area contributed by atoms with Gasteiger partial charge in [-0.15, -0.1) is 0 Å². The van der Waals surface area contributed by atoms with Crippen LogP contribution < -0.4 is 17.2 Å². The van der Waals surface area contributed by atoms with Crippen LogP contribution in [0.1, 0.15) is 29.2 Å². The van der Waals surface area contributed by atoms with Crippen LogP contribution in [-0.2, 0) is 4.79 Å². The zero-order valence-corrected chi connectivity index (χ0v) is 16.0. The van der Waals surface area contributed by atoms with Gasteiger partial charge in [0, 0.05) is 12.1 Å². The number of aromatic carboxylic acids is 1. The van der Waals surface area contributed by atoms with Gasteiger partial charge in [-0.1, -0.05) is 0 Å². The molecule has 156 valence electrons. The predicted molar refractivity (Wildman–Crippen MR) is 112 cm³/mol. The molecule has 1 aromatic heterocycles. The van der Waals surface area contributed by atoms with Crippen molar-refractivity contribution in [3.8, 4) is 17.1 Å². The molecule has 0 aliphatic heterocycles. The average Bonchev–Trinajstić information content (AvgIpc) is 3.06. The minimum atomic E-state index is -1.10. The summed E-state index contributed by atoms with van der Waals surface area (Å²) in [5.74, 6) is -1.23. The van der Waals surface area contributed by atoms with E-state index < -0.39 is 17.9 Å². The smallest absolute Gasteiger partial charge is 0.335 e. The standard InChI is InChI=1S/C20H22N6O4/c21-17(28)15(2-1-9-24-20(22)23)26-16-10-12(19(29)30)5-8-14(16)25-18(26)11-3-6-13(27)7-4-11/h3-8,10,15,27H,1-2,9H2,(H2,21,28)(H,29,30)(H4,22,23,24)/t15-/m1/s1. The van der Waals surface area contributed by atoms with Crippen molar-refractivity contribution in [3.63, 3.8) is 0 Å². The quantitative estimate of drug-likeness (QED) is 0.210. The topological polar surface area (TPSA) is 183 Å². The number of phenolic OH excluding ortho intramolecular Hbond substituents is 1. The third-order valence-corrected chi connectivity index (χ3v) is 4.63. The molecule has 8 N–H and O–H groups in total. The molecule has 0 saturated carbocycles. The number of imidazole rings is 1. The molecule has 0 radical (unpaired) electrons. The summed E-state index contributed by atoms with van der Waals surface area (Å²) in [6.45, 7) is 0.313. The number of aliphatic imine (C=N–C) groups is 1. The number of benzene rings is 2. The maximum Gasteiger partial charge on any atom is 0.335 e. The first-order valence-corrected chi connectivity index (χ1v) is 9.17. The normalized spacial score (nSPS) is 11.9. The highest BCUT2D eigenvalue weighted by Gasteiger charge is 2.25. The molecule has 0 bridgehead atoms. The number of carboxylic acids is 1. The van der Waals surface area contributed by atoms with Gasteiger partial charge in [-0.25, -0.2) is 9.78 Å². The highest BCUT2D eigenvalue weighted by atomic mass is 16.4. The molecule has 30 heavy (non-hydrogen) atoms. The number of primary amides is 1. The number of aromatic nitrogens is 2. The van der Waals surface area contributed by atoms with Crippen LogP contribution in [0, 0.1) is 0 Å². The predicted octanol–water partition coefficient (Wildman–Crippen LogP) is 1.19. The second-order valence-electron chi connectivity index (χ2n) is 6.73. The van der Waals surface area contributed by atoms with Gasteiger partial charge in [0.25, 0.3) is 0 Å². The van der Waals surface area contributed by atoms with Crippen molar-refractivity contribution in [2.24, 2.45) is 22.2 Å². The molecule has 1 atom stereocenters. The fraction of sp³-hybridized carbons (Fsp3) is 0.200. The van der Waals surface area contributed by atoms with E-state index >= 15 is 0 Å². The number of nitrogens with two attached hydrogens (primary N) is 3. The van der Waals surface area contributed by atoms with Crippen LogP contribution in [0.3, 0.4) is 0 Å². The molecule has 3 rings (SSSR count). The van der Waals surface area contributed by atoms with Gasteiger partial charge in [0.15, 0.2) is 5.96 Å². The average molecular weight is 410 g/mol. The number of hydrogen-bond donors (Lipinski definition) is 5. The summed E-state index contributed by atoms with van der Waals surface area (Å²) in [4.78, 5) is 32.3. The van der Waals surface area contributed by atoms with E-state index in [9.17, 15) is 19.8 Å². The number of amides is 1. The molecule has 0 unspecified atom stereocenters. The van der Waals surface area contributed by atoms with Crippen LogP contribution in [0.25, 0.3) is 22.4 Å². The molecule has 0 aliphatic rings. The Balaban J connectivity index is 2.16. The third kappa shape index (κ3) is 4.32. The van der Waals surface area contributed by atoms with Crippen LogP contribution in [-0.4, -0.2) is 44.1 Å². The summed E-state index contributed by atoms with van der Waals surface area (Å²) in [6, 6.07) is 9.99. The van der Waals surface area contributed by atoms with E-state index in [1.165, 1.54) is 24.3 Å². The maximum atomic E-state index is 12.4. The molecule has 10 heteroatoms. The first-order valence-electron chi connectivity index (χ1n) is 9.17. The van der Waals surface area contributed by atoms with E-state index in [0.29, 0.717) is 41.8 Å². The Morgan fingerprint density at radius 1 is 1.10 bits per heavy atom. The molecule has 0 aliphatic carbocycles. The lowest BCUT2D eigenvalue weighted by Crippen LogP contribution is -2.27. The van der Waals surface area contributed by atoms with Crippen LogP contribution >= 0.6 is 0 Å². The largest absolute Gasteiger partial charge is 0.508 e. The van der Waals surface area contributed by atoms with Gasteiger partial charge in [0.1, 0.15) is 17.6 Å². The van der Waals surface area contributed by atoms with Crippen molar-refractivity contribution in [2.75, 3.05) is 6.54 Å². The van der Waals surface area contributed by atoms with Crippen molar-refractivity contribution in [1.82, 2.24) is 9.55 Å². The molecule has 10 nitrogen and oxygen atoms in total. The maximum absolute atomic E-state index is 12.4. The first kappa shape index (κ1) is 20.6. The number of carbonyl (C=O) groups is 2. The Bertz CT molecular complexity index is 1120. The highest BCUT2D eigenvalue weighted by molar-refractivity contribution is 5.94. The van der Waals surface area contributed by atoms with Crippen LogP contribution in [0.2, 0.25) is 0 Å². The molecule has 0 saturated heterocycles. The van der Waals surface area contributed by atoms with Gasteiger partial charge in [-0.05, 0) is 55.3 Å². The molecular weight excluding hydrogens is 388 g/mol. The van der Waals surface area contributed by atoms with E-state index in [1.807, 2.05) is 0 Å². The fourth-order valence-corrected chi connectivity index (χ4v) is 3.25. The SMILES string of the molecule is NC(=O)[C@@H](CCCN=C(N)N)n1c(-c2ccc(O)cc2)nc2ccc(C(=O)O)cc21. The summed E-state index contributed by atoms with van der Waals surface area (Å²) in [6.07, 6.45) is 0.790. The molecule has 0 spiro atoms. The summed E-state index contributed by atoms with van der Waals surface area (Å²) in [7, 11) is 0. The fourth-order valence-electron chi connectivity index (χ4n) is 3.25. The van der Waals surface area contributed by atoms with Crippen molar-refractivity contribution >= 4 is 28.9 Å². The Hall–Kier alpha value is -4.08. The summed E-state index contributed by atoms with van der Waals surface area (Å²) in [5, 5.41) is 19.0. The summed E-state index contributed by atoms with van der Waals surface area (Å²) >= 11 is 0. The number of hydrogen-bond acceptors (Lipinski definition) is 5. The molecule has 0 fully saturated rings. The van der Waals surface area contributed by atoms with Crippen molar-refractivity contribution in [1.29, 1.82) is 0 Å². The van der Waals surface area contributed by atoms with E-state index in [0.717, 1.165) is 0 Å². The lowest BCUT2D eigenvalue weighted by molar-refractivity contribution is -0.121. The number of rotatable bonds is 8. The summed E-state index contributed by atoms with van der Waals surface area (Å²) in [5.41, 5.74) is 18.1. The number of fused-ring (bicyclic) bond motifs is 1. The minimum Gasteiger partial charge on any atom is -0.508 e. The molecule has 3 aromatic rings. The first-order chi connectivity index (χ1) is 14.3. The lowest BCUT2D eigenvalue weighted by atomic mass is 10.1. The number of phenols is 1. The second kappa shape index (κ2) is 8.52. The highest BCUT2D eigenvalue weighted by Crippen LogP contribution is 2.32. The zero-order valence-electron chi connectivity index (χ0n) is 16.0. The second-order valence-corrected chi connectivity index (χ2v) is 6.73. The molecule has 1 amide bonds. The summed E-state index contributed by atoms with van der Waals surface area (Å²) < 4.78 is 1.63. The van der Waals surface area contributed by atoms with E-state index in [4.69, 9.17) is 17.2 Å². The van der Waals surface area contributed by atoms with E-state index in [2.05, 4.69) is 9.98 Å². The minimum absolute atomic E-state index is 0.0467. The Morgan fingerprint density at radius 2 is 1.80 bits per heavy atom. The van der Waals surface area contributed by atoms with Gasteiger partial charge in [-0.2, -0.15) is 0 Å². The van der Waals surface area contributed by atoms with Crippen molar-refractivity contribution in [2.45, 2.75) is 18.9 Å². The van der Waals surface area contributed by atoms with Gasteiger partial charge in [0.2, 0.25) is 5.91 Å². The number of nitrogens with zero attached hydrogens (tertiary/aromatic N) is 3. The number of guanidine groups is 1. The van der Waals surface area contributed by atoms with Crippen LogP contribution in [0.4, 0.5) is 0 Å². The monoisotopic (exact) mass is 410 g/mol. The van der Waals surface area contributed by atoms with Gasteiger partial charge in [-0.3, -0.25) is 9.79 Å². The zero-order chi connectivity index (χ0) is 21.8. The van der Waals surface area contributed by atoms with E-state index in [1.54, 1.807) is 22.8 Å².